The lowest BCUT2D eigenvalue weighted by Gasteiger charge is -2.14. The Hall–Kier alpha value is -2.71. The zero-order valence-corrected chi connectivity index (χ0v) is 12.2. The normalized spacial score (nSPS) is 10.1. The first kappa shape index (κ1) is 18.3. The number of hydrogen-bond acceptors (Lipinski definition) is 6. The van der Waals surface area contributed by atoms with Crippen LogP contribution in [0.2, 0.25) is 0 Å². The Kier molecular flexibility index (Phi) is 6.91. The van der Waals surface area contributed by atoms with E-state index in [1.807, 2.05) is 0 Å². The number of carboxylic acids is 2. The summed E-state index contributed by atoms with van der Waals surface area (Å²) in [7, 11) is 0. The molecule has 1 aromatic rings. The maximum Gasteiger partial charge on any atom is 0.336 e. The number of ether oxygens (including phenoxy) is 1. The molecular weight excluding hydrogens is 308 g/mol. The Morgan fingerprint density at radius 1 is 1.09 bits per heavy atom. The number of carbonyl (C=O) groups is 3. The third-order valence-corrected chi connectivity index (χ3v) is 3.08. The smallest absolute Gasteiger partial charge is 0.336 e. The molecule has 0 spiro atoms. The van der Waals surface area contributed by atoms with Gasteiger partial charge >= 0.3 is 17.9 Å². The van der Waals surface area contributed by atoms with Crippen molar-refractivity contribution in [1.82, 2.24) is 0 Å². The van der Waals surface area contributed by atoms with Gasteiger partial charge in [0, 0.05) is 18.9 Å². The highest BCUT2D eigenvalue weighted by molar-refractivity contribution is 6.03. The molecule has 0 fully saturated rings. The highest BCUT2D eigenvalue weighted by Gasteiger charge is 2.22. The lowest BCUT2D eigenvalue weighted by molar-refractivity contribution is -0.241. The lowest BCUT2D eigenvalue weighted by atomic mass is 9.92. The minimum Gasteiger partial charge on any atom is -0.478 e. The quantitative estimate of drug-likeness (QED) is 0.269. The Morgan fingerprint density at radius 3 is 2.30 bits per heavy atom. The Labute approximate surface area is 131 Å². The summed E-state index contributed by atoms with van der Waals surface area (Å²) >= 11 is 0. The van der Waals surface area contributed by atoms with E-state index in [0.717, 1.165) is 6.08 Å². The molecule has 0 heterocycles. The van der Waals surface area contributed by atoms with Gasteiger partial charge < -0.3 is 14.9 Å². The molecule has 8 heteroatoms. The molecule has 0 aliphatic heterocycles. The molecule has 0 amide bonds. The van der Waals surface area contributed by atoms with Gasteiger partial charge in [-0.25, -0.2) is 19.3 Å². The van der Waals surface area contributed by atoms with E-state index >= 15 is 0 Å². The van der Waals surface area contributed by atoms with E-state index in [1.54, 1.807) is 0 Å². The van der Waals surface area contributed by atoms with E-state index in [9.17, 15) is 19.5 Å². The average molecular weight is 324 g/mol. The van der Waals surface area contributed by atoms with Crippen LogP contribution in [0.3, 0.4) is 0 Å². The predicted octanol–water partition coefficient (Wildman–Crippen LogP) is 1.39. The van der Waals surface area contributed by atoms with Gasteiger partial charge in [-0.2, -0.15) is 0 Å². The molecule has 0 bridgehead atoms. The van der Waals surface area contributed by atoms with Crippen LogP contribution < -0.4 is 0 Å². The Balaban J connectivity index is 3.20. The van der Waals surface area contributed by atoms with Gasteiger partial charge in [-0.05, 0) is 17.2 Å². The first-order valence-electron chi connectivity index (χ1n) is 6.59. The molecule has 0 aromatic heterocycles. The van der Waals surface area contributed by atoms with Gasteiger partial charge in [0.25, 0.3) is 0 Å². The SMILES string of the molecule is C=CC(=O)OCCc1ccc(C(=O)O)c(C(=O)O)c1CCOO. The second-order valence-electron chi connectivity index (χ2n) is 4.44. The third-order valence-electron chi connectivity index (χ3n) is 3.08. The highest BCUT2D eigenvalue weighted by atomic mass is 17.1. The molecule has 0 saturated carbocycles. The summed E-state index contributed by atoms with van der Waals surface area (Å²) in [6.45, 7) is 3.02. The van der Waals surface area contributed by atoms with Crippen molar-refractivity contribution in [3.8, 4) is 0 Å². The van der Waals surface area contributed by atoms with Crippen molar-refractivity contribution >= 4 is 17.9 Å². The third kappa shape index (κ3) is 4.90. The molecule has 3 N–H and O–H groups in total. The first-order chi connectivity index (χ1) is 10.9. The zero-order valence-electron chi connectivity index (χ0n) is 12.2. The number of esters is 1. The van der Waals surface area contributed by atoms with Crippen molar-refractivity contribution in [1.29, 1.82) is 0 Å². The van der Waals surface area contributed by atoms with Crippen LogP contribution in [0.4, 0.5) is 0 Å². The summed E-state index contributed by atoms with van der Waals surface area (Å²) in [6, 6.07) is 2.63. The molecule has 23 heavy (non-hydrogen) atoms. The lowest BCUT2D eigenvalue weighted by Crippen LogP contribution is -2.16. The van der Waals surface area contributed by atoms with E-state index in [0.29, 0.717) is 5.56 Å². The molecule has 8 nitrogen and oxygen atoms in total. The van der Waals surface area contributed by atoms with Gasteiger partial charge in [-0.15, -0.1) is 0 Å². The molecule has 0 atom stereocenters. The highest BCUT2D eigenvalue weighted by Crippen LogP contribution is 2.22. The summed E-state index contributed by atoms with van der Waals surface area (Å²) in [5.41, 5.74) is -0.0400. The van der Waals surface area contributed by atoms with Crippen molar-refractivity contribution < 1.29 is 39.5 Å². The van der Waals surface area contributed by atoms with Crippen LogP contribution in [-0.2, 0) is 27.3 Å². The van der Waals surface area contributed by atoms with Crippen molar-refractivity contribution in [2.24, 2.45) is 0 Å². The maximum absolute atomic E-state index is 11.4. The van der Waals surface area contributed by atoms with Crippen LogP contribution in [0, 0.1) is 0 Å². The van der Waals surface area contributed by atoms with Crippen LogP contribution in [-0.4, -0.2) is 46.6 Å². The predicted molar refractivity (Wildman–Crippen MR) is 77.5 cm³/mol. The number of rotatable bonds is 9. The molecule has 0 saturated heterocycles. The van der Waals surface area contributed by atoms with E-state index in [-0.39, 0.29) is 42.7 Å². The van der Waals surface area contributed by atoms with Gasteiger partial charge in [0.2, 0.25) is 0 Å². The fourth-order valence-corrected chi connectivity index (χ4v) is 2.10. The molecular formula is C15H16O8. The summed E-state index contributed by atoms with van der Waals surface area (Å²) in [4.78, 5) is 37.6. The maximum atomic E-state index is 11.4. The monoisotopic (exact) mass is 324 g/mol. The van der Waals surface area contributed by atoms with Gasteiger partial charge in [0.15, 0.2) is 0 Å². The first-order valence-corrected chi connectivity index (χ1v) is 6.59. The van der Waals surface area contributed by atoms with Crippen LogP contribution in [0.1, 0.15) is 31.8 Å². The average Bonchev–Trinajstić information content (AvgIpc) is 2.52. The van der Waals surface area contributed by atoms with E-state index in [2.05, 4.69) is 11.5 Å². The second kappa shape index (κ2) is 8.66. The van der Waals surface area contributed by atoms with Gasteiger partial charge in [-0.3, -0.25) is 5.26 Å². The molecule has 0 aliphatic rings. The van der Waals surface area contributed by atoms with Gasteiger partial charge in [0.1, 0.15) is 0 Å². The van der Waals surface area contributed by atoms with Crippen molar-refractivity contribution in [2.45, 2.75) is 12.8 Å². The Bertz CT molecular complexity index is 620. The molecule has 124 valence electrons. The van der Waals surface area contributed by atoms with Crippen molar-refractivity contribution in [3.05, 3.63) is 47.0 Å². The molecule has 0 unspecified atom stereocenters. The minimum atomic E-state index is -1.40. The minimum absolute atomic E-state index is 0.00993. The molecule has 1 rings (SSSR count). The van der Waals surface area contributed by atoms with Crippen molar-refractivity contribution in [2.75, 3.05) is 13.2 Å². The van der Waals surface area contributed by atoms with Crippen LogP contribution >= 0.6 is 0 Å². The summed E-state index contributed by atoms with van der Waals surface area (Å²) in [6.07, 6.45) is 1.17. The second-order valence-corrected chi connectivity index (χ2v) is 4.44. The number of hydrogen-bond donors (Lipinski definition) is 3. The number of benzene rings is 1. The number of carbonyl (C=O) groups excluding carboxylic acids is 1. The van der Waals surface area contributed by atoms with Crippen LogP contribution in [0.5, 0.6) is 0 Å². The zero-order chi connectivity index (χ0) is 17.4. The number of aromatic carboxylic acids is 2. The fraction of sp³-hybridized carbons (Fsp3) is 0.267. The summed E-state index contributed by atoms with van der Waals surface area (Å²) < 4.78 is 4.83. The largest absolute Gasteiger partial charge is 0.478 e. The molecule has 0 radical (unpaired) electrons. The molecule has 0 aliphatic carbocycles. The van der Waals surface area contributed by atoms with E-state index in [1.165, 1.54) is 12.1 Å². The number of carboxylic acid groups (broad SMARTS) is 2. The van der Waals surface area contributed by atoms with E-state index < -0.39 is 17.9 Å². The standard InChI is InChI=1S/C15H16O8/c1-2-12(16)22-7-5-9-3-4-11(14(17)18)13(15(19)20)10(9)6-8-23-21/h2-4,21H,1,5-8H2,(H,17,18)(H,19,20). The van der Waals surface area contributed by atoms with Crippen LogP contribution in [0.25, 0.3) is 0 Å². The van der Waals surface area contributed by atoms with Gasteiger partial charge in [0.05, 0.1) is 24.3 Å². The van der Waals surface area contributed by atoms with Crippen LogP contribution in [0.15, 0.2) is 24.8 Å². The fourth-order valence-electron chi connectivity index (χ4n) is 2.10. The topological polar surface area (TPSA) is 130 Å². The Morgan fingerprint density at radius 2 is 1.78 bits per heavy atom. The molecule has 1 aromatic carbocycles. The van der Waals surface area contributed by atoms with Gasteiger partial charge in [-0.1, -0.05) is 12.6 Å². The summed E-state index contributed by atoms with van der Waals surface area (Å²) in [5, 5.41) is 26.9. The van der Waals surface area contributed by atoms with E-state index in [4.69, 9.17) is 15.1 Å². The summed E-state index contributed by atoms with van der Waals surface area (Å²) in [5.74, 6) is -3.40. The van der Waals surface area contributed by atoms with Crippen molar-refractivity contribution in [3.63, 3.8) is 0 Å².